The number of benzene rings is 2. The first kappa shape index (κ1) is 25.1. The number of aryl methyl sites for hydroxylation is 1. The molecule has 2 amide bonds. The van der Waals surface area contributed by atoms with E-state index in [-0.39, 0.29) is 16.1 Å². The molecule has 0 aliphatic rings. The van der Waals surface area contributed by atoms with E-state index in [0.29, 0.717) is 27.4 Å². The van der Waals surface area contributed by atoms with Crippen molar-refractivity contribution < 1.29 is 22.7 Å². The number of carbonyl (C=O) groups excluding carboxylic acids is 2. The Morgan fingerprint density at radius 3 is 2.58 bits per heavy atom. The molecule has 4 aromatic rings. The zero-order valence-corrected chi connectivity index (χ0v) is 21.2. The van der Waals surface area contributed by atoms with Crippen LogP contribution in [0.15, 0.2) is 66.2 Å². The van der Waals surface area contributed by atoms with E-state index in [0.717, 1.165) is 16.9 Å². The number of methoxy groups -OCH3 is 1. The molecular weight excluding hydrogens is 502 g/mol. The van der Waals surface area contributed by atoms with Gasteiger partial charge in [-0.15, -0.1) is 11.3 Å². The summed E-state index contributed by atoms with van der Waals surface area (Å²) >= 11 is 1.03. The number of H-pyrrole nitrogens is 1. The van der Waals surface area contributed by atoms with Gasteiger partial charge in [0.25, 0.3) is 0 Å². The van der Waals surface area contributed by atoms with Crippen LogP contribution in [0, 0.1) is 6.92 Å². The van der Waals surface area contributed by atoms with Crippen LogP contribution in [-0.2, 0) is 9.84 Å². The summed E-state index contributed by atoms with van der Waals surface area (Å²) in [6.45, 7) is 3.37. The highest BCUT2D eigenvalue weighted by Gasteiger charge is 2.29. The Balaban J connectivity index is 1.52. The summed E-state index contributed by atoms with van der Waals surface area (Å²) in [7, 11) is -2.25. The van der Waals surface area contributed by atoms with Gasteiger partial charge in [0.1, 0.15) is 11.0 Å². The average Bonchev–Trinajstić information content (AvgIpc) is 3.57. The summed E-state index contributed by atoms with van der Waals surface area (Å²) in [5, 5.41) is 4.44. The molecule has 0 fully saturated rings. The van der Waals surface area contributed by atoms with Gasteiger partial charge in [-0.25, -0.2) is 23.2 Å². The highest BCUT2D eigenvalue weighted by atomic mass is 32.2. The second-order valence-electron chi connectivity index (χ2n) is 7.81. The van der Waals surface area contributed by atoms with Crippen molar-refractivity contribution in [2.75, 3.05) is 17.7 Å². The molecule has 0 saturated carbocycles. The van der Waals surface area contributed by atoms with Crippen molar-refractivity contribution in [1.29, 1.82) is 0 Å². The van der Waals surface area contributed by atoms with Crippen LogP contribution < -0.4 is 15.4 Å². The zero-order chi connectivity index (χ0) is 25.9. The van der Waals surface area contributed by atoms with E-state index in [1.54, 1.807) is 42.5 Å². The normalized spacial score (nSPS) is 12.1. The lowest BCUT2D eigenvalue weighted by Gasteiger charge is -2.13. The number of nitrogens with one attached hydrogen (secondary N) is 3. The van der Waals surface area contributed by atoms with E-state index in [9.17, 15) is 18.0 Å². The van der Waals surface area contributed by atoms with Gasteiger partial charge in [0.2, 0.25) is 15.0 Å². The maximum atomic E-state index is 13.3. The Morgan fingerprint density at radius 1 is 1.08 bits per heavy atom. The monoisotopic (exact) mass is 525 g/mol. The van der Waals surface area contributed by atoms with Crippen LogP contribution in [0.1, 0.15) is 38.5 Å². The smallest absolute Gasteiger partial charge is 0.325 e. The number of rotatable bonds is 8. The largest absolute Gasteiger partial charge is 0.496 e. The van der Waals surface area contributed by atoms with Gasteiger partial charge in [-0.05, 0) is 38.1 Å². The second kappa shape index (κ2) is 10.3. The molecule has 2 aromatic heterocycles. The standard InChI is InChI=1S/C24H23N5O5S2/c1-14-8-9-18(17(12-14)21(30)16-6-4-5-7-19(16)34-3)28-22(31)29-23-27-13-20(35-23)15(2)36(32,33)24-25-10-11-26-24/h4-13,15H,1-3H3,(H,25,26)(H2,27,28,29,31). The summed E-state index contributed by atoms with van der Waals surface area (Å²) in [6, 6.07) is 11.3. The minimum atomic E-state index is -3.74. The summed E-state index contributed by atoms with van der Waals surface area (Å²) in [5.74, 6) is 0.119. The Morgan fingerprint density at radius 2 is 1.86 bits per heavy atom. The lowest BCUT2D eigenvalue weighted by atomic mass is 9.99. The van der Waals surface area contributed by atoms with Crippen LogP contribution in [0.25, 0.3) is 0 Å². The van der Waals surface area contributed by atoms with Crippen LogP contribution in [-0.4, -0.2) is 42.3 Å². The van der Waals surface area contributed by atoms with Crippen LogP contribution in [0.4, 0.5) is 15.6 Å². The SMILES string of the molecule is COc1ccccc1C(=O)c1cc(C)ccc1NC(=O)Nc1ncc(C(C)S(=O)(=O)c2ncc[nH]2)s1. The third-order valence-electron chi connectivity index (χ3n) is 5.37. The number of anilines is 2. The second-order valence-corrected chi connectivity index (χ2v) is 11.1. The number of hydrogen-bond donors (Lipinski definition) is 3. The minimum absolute atomic E-state index is 0.137. The predicted octanol–water partition coefficient (Wildman–Crippen LogP) is 4.59. The lowest BCUT2D eigenvalue weighted by molar-refractivity contribution is 0.103. The highest BCUT2D eigenvalue weighted by Crippen LogP contribution is 2.32. The van der Waals surface area contributed by atoms with E-state index in [1.165, 1.54) is 32.6 Å². The molecule has 1 atom stereocenters. The molecule has 2 aromatic carbocycles. The first-order valence-electron chi connectivity index (χ1n) is 10.8. The van der Waals surface area contributed by atoms with Gasteiger partial charge in [-0.3, -0.25) is 10.1 Å². The van der Waals surface area contributed by atoms with Crippen molar-refractivity contribution in [3.8, 4) is 5.75 Å². The molecule has 3 N–H and O–H groups in total. The number of amides is 2. The Bertz CT molecular complexity index is 1510. The number of ketones is 1. The number of aromatic nitrogens is 3. The fourth-order valence-electron chi connectivity index (χ4n) is 3.44. The highest BCUT2D eigenvalue weighted by molar-refractivity contribution is 7.91. The number of urea groups is 1. The Labute approximate surface area is 211 Å². The van der Waals surface area contributed by atoms with Crippen LogP contribution in [0.5, 0.6) is 5.75 Å². The molecule has 0 aliphatic heterocycles. The molecule has 4 rings (SSSR count). The molecule has 12 heteroatoms. The average molecular weight is 526 g/mol. The molecule has 0 spiro atoms. The van der Waals surface area contributed by atoms with Gasteiger partial charge in [0.05, 0.1) is 18.4 Å². The maximum Gasteiger partial charge on any atom is 0.325 e. The molecule has 0 bridgehead atoms. The van der Waals surface area contributed by atoms with Gasteiger partial charge >= 0.3 is 6.03 Å². The number of ether oxygens (including phenoxy) is 1. The number of imidazole rings is 1. The van der Waals surface area contributed by atoms with E-state index in [2.05, 4.69) is 25.6 Å². The van der Waals surface area contributed by atoms with E-state index in [1.807, 2.05) is 6.92 Å². The van der Waals surface area contributed by atoms with Crippen molar-refractivity contribution in [1.82, 2.24) is 15.0 Å². The van der Waals surface area contributed by atoms with E-state index >= 15 is 0 Å². The van der Waals surface area contributed by atoms with Crippen LogP contribution >= 0.6 is 11.3 Å². The first-order chi connectivity index (χ1) is 17.2. The molecule has 186 valence electrons. The van der Waals surface area contributed by atoms with E-state index in [4.69, 9.17) is 4.74 Å². The van der Waals surface area contributed by atoms with Gasteiger partial charge in [-0.1, -0.05) is 23.8 Å². The third-order valence-corrected chi connectivity index (χ3v) is 8.56. The van der Waals surface area contributed by atoms with Crippen molar-refractivity contribution in [2.45, 2.75) is 24.3 Å². The minimum Gasteiger partial charge on any atom is -0.496 e. The van der Waals surface area contributed by atoms with Crippen molar-refractivity contribution in [3.63, 3.8) is 0 Å². The number of thiazole rings is 1. The number of aromatic amines is 1. The number of sulfone groups is 1. The molecule has 1 unspecified atom stereocenters. The maximum absolute atomic E-state index is 13.3. The zero-order valence-electron chi connectivity index (χ0n) is 19.6. The lowest BCUT2D eigenvalue weighted by Crippen LogP contribution is -2.21. The fraction of sp³-hybridized carbons (Fsp3) is 0.167. The van der Waals surface area contributed by atoms with Crippen LogP contribution in [0.2, 0.25) is 0 Å². The first-order valence-corrected chi connectivity index (χ1v) is 13.1. The number of hydrogen-bond acceptors (Lipinski definition) is 8. The quantitative estimate of drug-likeness (QED) is 0.285. The topological polar surface area (TPSA) is 143 Å². The molecule has 0 aliphatic carbocycles. The predicted molar refractivity (Wildman–Crippen MR) is 137 cm³/mol. The molecule has 10 nitrogen and oxygen atoms in total. The molecular formula is C24H23N5O5S2. The van der Waals surface area contributed by atoms with Gasteiger partial charge in [0.15, 0.2) is 10.9 Å². The fourth-order valence-corrected chi connectivity index (χ4v) is 5.85. The molecule has 2 heterocycles. The van der Waals surface area contributed by atoms with Gasteiger partial charge < -0.3 is 15.0 Å². The molecule has 0 radical (unpaired) electrons. The van der Waals surface area contributed by atoms with E-state index < -0.39 is 21.1 Å². The summed E-state index contributed by atoms with van der Waals surface area (Å²) < 4.78 is 30.7. The van der Waals surface area contributed by atoms with Crippen molar-refractivity contribution in [2.24, 2.45) is 0 Å². The Hall–Kier alpha value is -4.03. The summed E-state index contributed by atoms with van der Waals surface area (Å²) in [6.07, 6.45) is 4.19. The summed E-state index contributed by atoms with van der Waals surface area (Å²) in [4.78, 5) is 37.0. The van der Waals surface area contributed by atoms with Gasteiger partial charge in [0, 0.05) is 29.0 Å². The molecule has 36 heavy (non-hydrogen) atoms. The number of carbonyl (C=O) groups is 2. The Kier molecular flexibility index (Phi) is 7.17. The molecule has 0 saturated heterocycles. The summed E-state index contributed by atoms with van der Waals surface area (Å²) in [5.41, 5.74) is 1.81. The van der Waals surface area contributed by atoms with Crippen LogP contribution in [0.3, 0.4) is 0 Å². The number of nitrogens with zero attached hydrogens (tertiary/aromatic N) is 2. The number of para-hydroxylation sites is 1. The van der Waals surface area contributed by atoms with Crippen molar-refractivity contribution in [3.05, 3.63) is 82.6 Å². The third kappa shape index (κ3) is 5.14. The van der Waals surface area contributed by atoms with Crippen molar-refractivity contribution >= 4 is 43.8 Å². The van der Waals surface area contributed by atoms with Gasteiger partial charge in [-0.2, -0.15) is 0 Å².